The number of nitrogens with zero attached hydrogens (tertiary/aromatic N) is 5. The van der Waals surface area contributed by atoms with Crippen LogP contribution in [0, 0.1) is 0 Å². The van der Waals surface area contributed by atoms with Gasteiger partial charge in [-0.1, -0.05) is 0 Å². The number of carbonyl (C=O) groups excluding carboxylic acids is 2. The number of rotatable bonds is 8. The number of aromatic nitrogens is 4. The summed E-state index contributed by atoms with van der Waals surface area (Å²) in [7, 11) is 4.90. The van der Waals surface area contributed by atoms with Crippen molar-refractivity contribution in [2.45, 2.75) is 89.2 Å². The number of fused-ring (bicyclic) bond motifs is 1. The van der Waals surface area contributed by atoms with Crippen molar-refractivity contribution in [2.24, 2.45) is 0 Å². The molecule has 2 aliphatic rings. The second kappa shape index (κ2) is 12.3. The average molecular weight is 596 g/mol. The first-order valence-corrected chi connectivity index (χ1v) is 14.7. The summed E-state index contributed by atoms with van der Waals surface area (Å²) in [6.07, 6.45) is 7.92. The first-order valence-electron chi connectivity index (χ1n) is 14.7. The standard InChI is InChI=1S/C30H41N7O6/c1-30(2,3)43-29(40)35(4)22-16-25(32-21-8-7-15-36(28(21)39)18-9-11-19(41-5)12-10-18)34-37-23(17-31-26(22)37)27(38)33-20-13-14-24(20)42-6/h7-8,15-20,24H,9-14H2,1-6H3,(H,32,34)(H,33,38)/t18?,19?,20-,24-/m0/s1. The number of ether oxygens (including phenoxy) is 3. The van der Waals surface area contributed by atoms with Crippen molar-refractivity contribution >= 4 is 34.8 Å². The van der Waals surface area contributed by atoms with Crippen molar-refractivity contribution in [1.29, 1.82) is 0 Å². The van der Waals surface area contributed by atoms with Gasteiger partial charge in [0.1, 0.15) is 11.3 Å². The molecule has 3 aromatic heterocycles. The van der Waals surface area contributed by atoms with Gasteiger partial charge in [-0.05, 0) is 71.4 Å². The normalized spacial score (nSPS) is 22.1. The van der Waals surface area contributed by atoms with Crippen LogP contribution in [0.2, 0.25) is 0 Å². The number of amides is 2. The highest BCUT2D eigenvalue weighted by atomic mass is 16.6. The zero-order valence-electron chi connectivity index (χ0n) is 25.6. The highest BCUT2D eigenvalue weighted by Crippen LogP contribution is 2.30. The van der Waals surface area contributed by atoms with Gasteiger partial charge in [-0.2, -0.15) is 0 Å². The number of carbonyl (C=O) groups is 2. The highest BCUT2D eigenvalue weighted by Gasteiger charge is 2.33. The summed E-state index contributed by atoms with van der Waals surface area (Å²) < 4.78 is 19.6. The molecule has 13 heteroatoms. The summed E-state index contributed by atoms with van der Waals surface area (Å²) in [4.78, 5) is 45.7. The molecule has 13 nitrogen and oxygen atoms in total. The van der Waals surface area contributed by atoms with Crippen LogP contribution in [0.15, 0.2) is 35.4 Å². The van der Waals surface area contributed by atoms with E-state index in [1.54, 1.807) is 64.9 Å². The highest BCUT2D eigenvalue weighted by molar-refractivity contribution is 5.96. The second-order valence-corrected chi connectivity index (χ2v) is 12.2. The molecule has 5 rings (SSSR count). The molecular formula is C30H41N7O6. The fourth-order valence-corrected chi connectivity index (χ4v) is 5.59. The lowest BCUT2D eigenvalue weighted by molar-refractivity contribution is 0.00718. The summed E-state index contributed by atoms with van der Waals surface area (Å²) in [5.41, 5.74) is 0.206. The number of pyridine rings is 1. The van der Waals surface area contributed by atoms with Crippen LogP contribution in [0.5, 0.6) is 0 Å². The van der Waals surface area contributed by atoms with Gasteiger partial charge in [-0.15, -0.1) is 5.10 Å². The summed E-state index contributed by atoms with van der Waals surface area (Å²) in [5.74, 6) is -0.121. The molecule has 2 N–H and O–H groups in total. The predicted molar refractivity (Wildman–Crippen MR) is 161 cm³/mol. The minimum Gasteiger partial charge on any atom is -0.443 e. The fourth-order valence-electron chi connectivity index (χ4n) is 5.59. The molecule has 3 heterocycles. The Morgan fingerprint density at radius 2 is 1.81 bits per heavy atom. The van der Waals surface area contributed by atoms with Crippen LogP contribution in [-0.2, 0) is 14.2 Å². The van der Waals surface area contributed by atoms with Crippen LogP contribution in [-0.4, -0.2) is 76.3 Å². The SMILES string of the molecule is COC1CCC(n2cccc(Nc3cc(N(C)C(=O)OC(C)(C)C)c4ncc(C(=O)N[C@H]5CC[C@@H]5OC)n4n3)c2=O)CC1. The van der Waals surface area contributed by atoms with Crippen LogP contribution in [0.25, 0.3) is 5.65 Å². The molecule has 0 unspecified atom stereocenters. The number of hydrogen-bond donors (Lipinski definition) is 2. The van der Waals surface area contributed by atoms with Crippen LogP contribution >= 0.6 is 0 Å². The van der Waals surface area contributed by atoms with E-state index in [0.717, 1.165) is 38.5 Å². The average Bonchev–Trinajstić information content (AvgIpc) is 3.39. The Balaban J connectivity index is 1.50. The molecule has 0 aromatic carbocycles. The molecule has 0 bridgehead atoms. The van der Waals surface area contributed by atoms with E-state index in [2.05, 4.69) is 20.7 Å². The number of methoxy groups -OCH3 is 2. The Labute approximate surface area is 250 Å². The molecule has 2 saturated carbocycles. The quantitative estimate of drug-likeness (QED) is 0.395. The van der Waals surface area contributed by atoms with E-state index in [9.17, 15) is 14.4 Å². The second-order valence-electron chi connectivity index (χ2n) is 12.2. The van der Waals surface area contributed by atoms with Gasteiger partial charge < -0.3 is 29.4 Å². The minimum absolute atomic E-state index is 0.0491. The Morgan fingerprint density at radius 3 is 2.44 bits per heavy atom. The maximum atomic E-state index is 13.6. The summed E-state index contributed by atoms with van der Waals surface area (Å²) in [6, 6.07) is 5.07. The van der Waals surface area contributed by atoms with Gasteiger partial charge in [-0.3, -0.25) is 14.5 Å². The Hall–Kier alpha value is -3.97. The smallest absolute Gasteiger partial charge is 0.414 e. The molecule has 0 radical (unpaired) electrons. The Bertz CT molecular complexity index is 1530. The third-order valence-corrected chi connectivity index (χ3v) is 8.15. The maximum absolute atomic E-state index is 13.6. The molecule has 0 saturated heterocycles. The molecule has 3 aromatic rings. The van der Waals surface area contributed by atoms with Crippen molar-refractivity contribution in [3.63, 3.8) is 0 Å². The zero-order chi connectivity index (χ0) is 30.9. The summed E-state index contributed by atoms with van der Waals surface area (Å²) in [6.45, 7) is 5.34. The lowest BCUT2D eigenvalue weighted by Gasteiger charge is -2.35. The largest absolute Gasteiger partial charge is 0.443 e. The molecule has 43 heavy (non-hydrogen) atoms. The topological polar surface area (TPSA) is 141 Å². The fraction of sp³-hybridized carbons (Fsp3) is 0.567. The van der Waals surface area contributed by atoms with Crippen LogP contribution in [0.1, 0.15) is 75.8 Å². The van der Waals surface area contributed by atoms with E-state index in [0.29, 0.717) is 11.4 Å². The van der Waals surface area contributed by atoms with Gasteiger partial charge in [0.2, 0.25) is 0 Å². The van der Waals surface area contributed by atoms with Gasteiger partial charge in [-0.25, -0.2) is 14.3 Å². The lowest BCUT2D eigenvalue weighted by atomic mass is 9.89. The zero-order valence-corrected chi connectivity index (χ0v) is 25.6. The summed E-state index contributed by atoms with van der Waals surface area (Å²) in [5, 5.41) is 10.8. The molecule has 2 aliphatic carbocycles. The van der Waals surface area contributed by atoms with Gasteiger partial charge in [0.25, 0.3) is 11.5 Å². The van der Waals surface area contributed by atoms with Crippen LogP contribution in [0.3, 0.4) is 0 Å². The molecule has 232 valence electrons. The first kappa shape index (κ1) is 30.5. The predicted octanol–water partition coefficient (Wildman–Crippen LogP) is 4.04. The van der Waals surface area contributed by atoms with E-state index in [4.69, 9.17) is 14.2 Å². The summed E-state index contributed by atoms with van der Waals surface area (Å²) >= 11 is 0. The van der Waals surface area contributed by atoms with Gasteiger partial charge in [0.15, 0.2) is 17.2 Å². The van der Waals surface area contributed by atoms with E-state index in [1.807, 2.05) is 6.07 Å². The third kappa shape index (κ3) is 6.52. The molecule has 0 aliphatic heterocycles. The van der Waals surface area contributed by atoms with Crippen molar-refractivity contribution < 1.29 is 23.8 Å². The van der Waals surface area contributed by atoms with Gasteiger partial charge in [0.05, 0.1) is 30.1 Å². The third-order valence-electron chi connectivity index (χ3n) is 8.15. The van der Waals surface area contributed by atoms with Gasteiger partial charge >= 0.3 is 6.09 Å². The molecule has 0 spiro atoms. The molecular weight excluding hydrogens is 554 g/mol. The monoisotopic (exact) mass is 595 g/mol. The number of anilines is 3. The molecule has 2 atom stereocenters. The van der Waals surface area contributed by atoms with Gasteiger partial charge in [0, 0.05) is 39.6 Å². The van der Waals surface area contributed by atoms with E-state index < -0.39 is 11.7 Å². The maximum Gasteiger partial charge on any atom is 0.414 e. The van der Waals surface area contributed by atoms with Crippen molar-refractivity contribution in [3.8, 4) is 0 Å². The lowest BCUT2D eigenvalue weighted by Crippen LogP contribution is -2.51. The van der Waals surface area contributed by atoms with E-state index in [1.165, 1.54) is 15.6 Å². The van der Waals surface area contributed by atoms with E-state index >= 15 is 0 Å². The van der Waals surface area contributed by atoms with Crippen LogP contribution in [0.4, 0.5) is 22.0 Å². The number of hydrogen-bond acceptors (Lipinski definition) is 9. The number of nitrogens with one attached hydrogen (secondary N) is 2. The molecule has 2 amide bonds. The number of imidazole rings is 1. The van der Waals surface area contributed by atoms with Crippen LogP contribution < -0.4 is 21.1 Å². The minimum atomic E-state index is -0.728. The van der Waals surface area contributed by atoms with Crippen molar-refractivity contribution in [3.05, 3.63) is 46.6 Å². The van der Waals surface area contributed by atoms with Crippen molar-refractivity contribution in [2.75, 3.05) is 31.5 Å². The van der Waals surface area contributed by atoms with E-state index in [-0.39, 0.29) is 52.9 Å². The molecule has 2 fully saturated rings. The Kier molecular flexibility index (Phi) is 8.74. The first-order chi connectivity index (χ1) is 20.5. The Morgan fingerprint density at radius 1 is 1.07 bits per heavy atom. The van der Waals surface area contributed by atoms with Crippen molar-refractivity contribution in [1.82, 2.24) is 24.5 Å².